The molecule has 1 amide bonds. The number of benzene rings is 3. The molecule has 0 saturated heterocycles. The largest absolute Gasteiger partial charge is 0.416 e. The molecule has 0 radical (unpaired) electrons. The normalized spacial score (nSPS) is 11.8. The zero-order chi connectivity index (χ0) is 22.5. The Morgan fingerprint density at radius 3 is 2.03 bits per heavy atom. The molecule has 31 heavy (non-hydrogen) atoms. The SMILES string of the molecule is O=C(Nc1ccc(S(=O)(=O)NCCc2ccccc2)cc1)c1ccc(C(F)(F)F)cc1. The molecule has 9 heteroatoms. The molecule has 3 rings (SSSR count). The van der Waals surface area contributed by atoms with E-state index in [0.717, 1.165) is 29.8 Å². The highest BCUT2D eigenvalue weighted by atomic mass is 32.2. The third-order valence-corrected chi connectivity index (χ3v) is 5.92. The van der Waals surface area contributed by atoms with Crippen molar-refractivity contribution in [2.45, 2.75) is 17.5 Å². The monoisotopic (exact) mass is 448 g/mol. The Kier molecular flexibility index (Phi) is 6.77. The first-order chi connectivity index (χ1) is 14.6. The van der Waals surface area contributed by atoms with E-state index in [0.29, 0.717) is 12.1 Å². The van der Waals surface area contributed by atoms with Crippen molar-refractivity contribution < 1.29 is 26.4 Å². The van der Waals surface area contributed by atoms with Crippen LogP contribution in [0.1, 0.15) is 21.5 Å². The van der Waals surface area contributed by atoms with Gasteiger partial charge in [0.15, 0.2) is 0 Å². The quantitative estimate of drug-likeness (QED) is 0.560. The standard InChI is InChI=1S/C22H19F3N2O3S/c23-22(24,25)18-8-6-17(7-9-18)21(28)27-19-10-12-20(13-11-19)31(29,30)26-15-14-16-4-2-1-3-5-16/h1-13,26H,14-15H2,(H,27,28). The van der Waals surface area contributed by atoms with E-state index >= 15 is 0 Å². The zero-order valence-electron chi connectivity index (χ0n) is 16.2. The van der Waals surface area contributed by atoms with Crippen molar-refractivity contribution in [1.82, 2.24) is 4.72 Å². The molecule has 0 atom stereocenters. The van der Waals surface area contributed by atoms with Crippen molar-refractivity contribution >= 4 is 21.6 Å². The predicted octanol–water partition coefficient (Wildman–Crippen LogP) is 4.48. The van der Waals surface area contributed by atoms with Crippen LogP contribution in [0.3, 0.4) is 0 Å². The summed E-state index contributed by atoms with van der Waals surface area (Å²) >= 11 is 0. The number of amides is 1. The third-order valence-electron chi connectivity index (χ3n) is 4.45. The maximum absolute atomic E-state index is 12.6. The fourth-order valence-electron chi connectivity index (χ4n) is 2.79. The van der Waals surface area contributed by atoms with Gasteiger partial charge in [-0.1, -0.05) is 30.3 Å². The number of hydrogen-bond acceptors (Lipinski definition) is 3. The summed E-state index contributed by atoms with van der Waals surface area (Å²) in [4.78, 5) is 12.2. The minimum Gasteiger partial charge on any atom is -0.322 e. The number of carbonyl (C=O) groups excluding carboxylic acids is 1. The minimum atomic E-state index is -4.48. The zero-order valence-corrected chi connectivity index (χ0v) is 17.0. The highest BCUT2D eigenvalue weighted by molar-refractivity contribution is 7.89. The van der Waals surface area contributed by atoms with Gasteiger partial charge < -0.3 is 5.32 Å². The molecule has 0 aliphatic heterocycles. The average molecular weight is 448 g/mol. The van der Waals surface area contributed by atoms with Crippen LogP contribution in [0.15, 0.2) is 83.8 Å². The van der Waals surface area contributed by atoms with Gasteiger partial charge in [-0.15, -0.1) is 0 Å². The number of rotatable bonds is 7. The molecule has 0 bridgehead atoms. The van der Waals surface area contributed by atoms with Gasteiger partial charge in [-0.2, -0.15) is 13.2 Å². The Hall–Kier alpha value is -3.17. The number of sulfonamides is 1. The van der Waals surface area contributed by atoms with Crippen molar-refractivity contribution in [2.75, 3.05) is 11.9 Å². The Morgan fingerprint density at radius 1 is 0.839 bits per heavy atom. The van der Waals surface area contributed by atoms with Crippen molar-refractivity contribution in [3.63, 3.8) is 0 Å². The van der Waals surface area contributed by atoms with E-state index in [1.54, 1.807) is 0 Å². The lowest BCUT2D eigenvalue weighted by atomic mass is 10.1. The number of hydrogen-bond donors (Lipinski definition) is 2. The van der Waals surface area contributed by atoms with E-state index in [1.165, 1.54) is 24.3 Å². The Bertz CT molecular complexity index is 1130. The van der Waals surface area contributed by atoms with Crippen LogP contribution in [-0.2, 0) is 22.6 Å². The smallest absolute Gasteiger partial charge is 0.322 e. The Balaban J connectivity index is 1.59. The lowest BCUT2D eigenvalue weighted by molar-refractivity contribution is -0.137. The van der Waals surface area contributed by atoms with Gasteiger partial charge >= 0.3 is 6.18 Å². The second-order valence-electron chi connectivity index (χ2n) is 6.69. The number of nitrogens with one attached hydrogen (secondary N) is 2. The maximum Gasteiger partial charge on any atom is 0.416 e. The van der Waals surface area contributed by atoms with Gasteiger partial charge in [0.05, 0.1) is 10.5 Å². The van der Waals surface area contributed by atoms with Crippen LogP contribution in [0.25, 0.3) is 0 Å². The summed E-state index contributed by atoms with van der Waals surface area (Å²) in [5.41, 5.74) is 0.519. The third kappa shape index (κ3) is 6.16. The van der Waals surface area contributed by atoms with Gasteiger partial charge in [-0.05, 0) is 60.5 Å². The summed E-state index contributed by atoms with van der Waals surface area (Å²) in [7, 11) is -3.72. The van der Waals surface area contributed by atoms with Gasteiger partial charge in [0.2, 0.25) is 10.0 Å². The summed E-state index contributed by atoms with van der Waals surface area (Å²) < 4.78 is 65.2. The first-order valence-corrected chi connectivity index (χ1v) is 10.8. The van der Waals surface area contributed by atoms with Crippen LogP contribution in [0.5, 0.6) is 0 Å². The van der Waals surface area contributed by atoms with Crippen LogP contribution < -0.4 is 10.0 Å². The number of carbonyl (C=O) groups is 1. The summed E-state index contributed by atoms with van der Waals surface area (Å²) in [5, 5.41) is 2.52. The number of anilines is 1. The second-order valence-corrected chi connectivity index (χ2v) is 8.45. The molecular formula is C22H19F3N2O3S. The van der Waals surface area contributed by atoms with Crippen LogP contribution in [0, 0.1) is 0 Å². The topological polar surface area (TPSA) is 75.3 Å². The molecule has 162 valence electrons. The van der Waals surface area contributed by atoms with Crippen molar-refractivity contribution in [3.05, 3.63) is 95.6 Å². The predicted molar refractivity (Wildman–Crippen MR) is 111 cm³/mol. The van der Waals surface area contributed by atoms with E-state index in [4.69, 9.17) is 0 Å². The molecule has 0 spiro atoms. The summed E-state index contributed by atoms with van der Waals surface area (Å²) in [6.07, 6.45) is -3.94. The number of alkyl halides is 3. The summed E-state index contributed by atoms with van der Waals surface area (Å²) in [6, 6.07) is 18.8. The van der Waals surface area contributed by atoms with Crippen LogP contribution in [0.2, 0.25) is 0 Å². The second kappa shape index (κ2) is 9.32. The van der Waals surface area contributed by atoms with Gasteiger partial charge in [-0.3, -0.25) is 4.79 Å². The molecule has 5 nitrogen and oxygen atoms in total. The molecule has 0 unspecified atom stereocenters. The van der Waals surface area contributed by atoms with Gasteiger partial charge in [-0.25, -0.2) is 13.1 Å². The summed E-state index contributed by atoms with van der Waals surface area (Å²) in [6.45, 7) is 0.235. The van der Waals surface area contributed by atoms with Gasteiger partial charge in [0.1, 0.15) is 0 Å². The molecule has 0 saturated carbocycles. The molecular weight excluding hydrogens is 429 g/mol. The van der Waals surface area contributed by atoms with Crippen LogP contribution >= 0.6 is 0 Å². The average Bonchev–Trinajstić information content (AvgIpc) is 2.74. The first-order valence-electron chi connectivity index (χ1n) is 9.27. The number of halogens is 3. The van der Waals surface area contributed by atoms with Gasteiger partial charge in [0.25, 0.3) is 5.91 Å². The molecule has 2 N–H and O–H groups in total. The Labute approximate surface area is 178 Å². The highest BCUT2D eigenvalue weighted by Crippen LogP contribution is 2.29. The van der Waals surface area contributed by atoms with E-state index in [9.17, 15) is 26.4 Å². The van der Waals surface area contributed by atoms with Crippen LogP contribution in [-0.4, -0.2) is 20.9 Å². The van der Waals surface area contributed by atoms with Crippen molar-refractivity contribution in [3.8, 4) is 0 Å². The fourth-order valence-corrected chi connectivity index (χ4v) is 3.82. The lowest BCUT2D eigenvalue weighted by Crippen LogP contribution is -2.26. The molecule has 0 aromatic heterocycles. The molecule has 3 aromatic carbocycles. The maximum atomic E-state index is 12.6. The van der Waals surface area contributed by atoms with Crippen molar-refractivity contribution in [1.29, 1.82) is 0 Å². The molecule has 3 aromatic rings. The van der Waals surface area contributed by atoms with Gasteiger partial charge in [0, 0.05) is 17.8 Å². The van der Waals surface area contributed by atoms with E-state index < -0.39 is 27.7 Å². The van der Waals surface area contributed by atoms with Crippen LogP contribution in [0.4, 0.5) is 18.9 Å². The highest BCUT2D eigenvalue weighted by Gasteiger charge is 2.30. The summed E-state index contributed by atoms with van der Waals surface area (Å²) in [5.74, 6) is -0.606. The van der Waals surface area contributed by atoms with E-state index in [1.807, 2.05) is 30.3 Å². The molecule has 0 aliphatic rings. The van der Waals surface area contributed by atoms with Crippen molar-refractivity contribution in [2.24, 2.45) is 0 Å². The molecule has 0 fully saturated rings. The lowest BCUT2D eigenvalue weighted by Gasteiger charge is -2.10. The fraction of sp³-hybridized carbons (Fsp3) is 0.136. The molecule has 0 aliphatic carbocycles. The minimum absolute atomic E-state index is 0.0353. The Morgan fingerprint density at radius 2 is 1.45 bits per heavy atom. The van der Waals surface area contributed by atoms with E-state index in [-0.39, 0.29) is 17.0 Å². The van der Waals surface area contributed by atoms with E-state index in [2.05, 4.69) is 10.0 Å². The first kappa shape index (κ1) is 22.5. The molecule has 0 heterocycles.